The third-order valence-corrected chi connectivity index (χ3v) is 2.18. The summed E-state index contributed by atoms with van der Waals surface area (Å²) < 4.78 is 29.2. The van der Waals surface area contributed by atoms with Gasteiger partial charge in [-0.2, -0.15) is 13.6 Å². The fraction of sp³-hybridized carbons (Fsp3) is 0. The number of hydrogen-bond acceptors (Lipinski definition) is 5. The maximum Gasteiger partial charge on any atom is 1.00 e. The van der Waals surface area contributed by atoms with Crippen molar-refractivity contribution in [2.45, 2.75) is 4.90 Å². The topological polar surface area (TPSA) is 140 Å². The van der Waals surface area contributed by atoms with Gasteiger partial charge in [-0.15, -0.1) is 10.2 Å². The standard InChI is InChI=1S/C6H6O3S.CH2N4.Na.H2O.H/c7-10(8,9)6-4-2-1-3-5-6;1-2-4-5-3-1;;;/h1-5H,(H,7,8,9);1H,(H,2,3,4,5);;1H2;/q;;+1;;-1. The summed E-state index contributed by atoms with van der Waals surface area (Å²) in [6.45, 7) is 0. The molecule has 0 atom stereocenters. The zero-order valence-electron chi connectivity index (χ0n) is 9.98. The minimum atomic E-state index is -4.00. The molecule has 0 saturated heterocycles. The van der Waals surface area contributed by atoms with Gasteiger partial charge in [-0.3, -0.25) is 4.55 Å². The van der Waals surface area contributed by atoms with Crippen LogP contribution < -0.4 is 29.6 Å². The summed E-state index contributed by atoms with van der Waals surface area (Å²) in [4.78, 5) is -0.0741. The summed E-state index contributed by atoms with van der Waals surface area (Å²) in [5, 5.41) is 12.2. The Hall–Kier alpha value is -0.840. The van der Waals surface area contributed by atoms with Crippen LogP contribution in [0, 0.1) is 0 Å². The van der Waals surface area contributed by atoms with E-state index in [1.807, 2.05) is 0 Å². The molecule has 17 heavy (non-hydrogen) atoms. The summed E-state index contributed by atoms with van der Waals surface area (Å²) in [7, 11) is -4.00. The molecule has 0 radical (unpaired) electrons. The molecule has 8 nitrogen and oxygen atoms in total. The van der Waals surface area contributed by atoms with E-state index in [1.165, 1.54) is 18.5 Å². The first-order valence-corrected chi connectivity index (χ1v) is 5.23. The molecular weight excluding hydrogens is 259 g/mol. The van der Waals surface area contributed by atoms with Crippen LogP contribution in [0.4, 0.5) is 0 Å². The Bertz CT molecular complexity index is 464. The van der Waals surface area contributed by atoms with Crippen molar-refractivity contribution in [3.63, 3.8) is 0 Å². The Morgan fingerprint density at radius 2 is 1.82 bits per heavy atom. The SMILES string of the molecule is O.O=S(=O)(O)c1ccccc1.[H-].[Na+].c1nn[nH]n1. The second-order valence-corrected chi connectivity index (χ2v) is 3.77. The number of aromatic nitrogens is 4. The Morgan fingerprint density at radius 3 is 2.06 bits per heavy atom. The van der Waals surface area contributed by atoms with E-state index in [2.05, 4.69) is 20.6 Å². The van der Waals surface area contributed by atoms with Gasteiger partial charge in [-0.1, -0.05) is 23.4 Å². The zero-order valence-corrected chi connectivity index (χ0v) is 11.8. The van der Waals surface area contributed by atoms with Crippen molar-refractivity contribution in [2.75, 3.05) is 0 Å². The molecule has 1 aromatic carbocycles. The van der Waals surface area contributed by atoms with Crippen molar-refractivity contribution in [3.8, 4) is 0 Å². The van der Waals surface area contributed by atoms with E-state index in [9.17, 15) is 8.42 Å². The monoisotopic (exact) mass is 270 g/mol. The Kier molecular flexibility index (Phi) is 10.0. The van der Waals surface area contributed by atoms with Gasteiger partial charge >= 0.3 is 29.6 Å². The molecule has 0 saturated carbocycles. The van der Waals surface area contributed by atoms with Crippen LogP contribution in [-0.2, 0) is 10.1 Å². The maximum absolute atomic E-state index is 10.4. The van der Waals surface area contributed by atoms with Crippen LogP contribution in [0.2, 0.25) is 0 Å². The molecule has 2 rings (SSSR count). The number of tetrazole rings is 1. The number of rotatable bonds is 1. The third-order valence-electron chi connectivity index (χ3n) is 1.31. The van der Waals surface area contributed by atoms with E-state index >= 15 is 0 Å². The second kappa shape index (κ2) is 9.22. The van der Waals surface area contributed by atoms with Crippen molar-refractivity contribution in [1.82, 2.24) is 20.6 Å². The minimum Gasteiger partial charge on any atom is -1.00 e. The van der Waals surface area contributed by atoms with Gasteiger partial charge < -0.3 is 6.90 Å². The van der Waals surface area contributed by atoms with Crippen LogP contribution in [0.3, 0.4) is 0 Å². The molecule has 0 amide bonds. The van der Waals surface area contributed by atoms with Crippen molar-refractivity contribution in [3.05, 3.63) is 36.7 Å². The Morgan fingerprint density at radius 1 is 1.24 bits per heavy atom. The Balaban J connectivity index is -0.000000245. The smallest absolute Gasteiger partial charge is 1.00 e. The molecule has 0 unspecified atom stereocenters. The Labute approximate surface area is 121 Å². The maximum atomic E-state index is 10.4. The molecule has 1 aromatic heterocycles. The summed E-state index contributed by atoms with van der Waals surface area (Å²) >= 11 is 0. The van der Waals surface area contributed by atoms with Gasteiger partial charge in [0.05, 0.1) is 4.90 Å². The minimum absolute atomic E-state index is 0. The van der Waals surface area contributed by atoms with Crippen LogP contribution in [0.15, 0.2) is 41.6 Å². The van der Waals surface area contributed by atoms with E-state index in [0.29, 0.717) is 0 Å². The number of aromatic amines is 1. The molecule has 1 heterocycles. The molecule has 0 fully saturated rings. The first kappa shape index (κ1) is 18.5. The summed E-state index contributed by atoms with van der Waals surface area (Å²) in [5.74, 6) is 0. The van der Waals surface area contributed by atoms with E-state index < -0.39 is 10.1 Å². The number of benzene rings is 1. The van der Waals surface area contributed by atoms with Crippen LogP contribution in [0.1, 0.15) is 1.43 Å². The van der Waals surface area contributed by atoms with E-state index in [-0.39, 0.29) is 41.4 Å². The second-order valence-electron chi connectivity index (χ2n) is 2.35. The predicted octanol–water partition coefficient (Wildman–Crippen LogP) is -3.58. The average Bonchev–Trinajstić information content (AvgIpc) is 2.76. The molecular formula is C7H11N4NaO4S. The fourth-order valence-electron chi connectivity index (χ4n) is 0.722. The molecule has 0 spiro atoms. The number of hydrogen-bond donors (Lipinski definition) is 2. The largest absolute Gasteiger partial charge is 1.00 e. The van der Waals surface area contributed by atoms with Gasteiger partial charge in [0, 0.05) is 0 Å². The van der Waals surface area contributed by atoms with Crippen LogP contribution in [-0.4, -0.2) is 39.1 Å². The first-order valence-electron chi connectivity index (χ1n) is 3.79. The van der Waals surface area contributed by atoms with Gasteiger partial charge in [0.15, 0.2) is 6.33 Å². The third kappa shape index (κ3) is 7.96. The summed E-state index contributed by atoms with van der Waals surface area (Å²) in [6, 6.07) is 7.42. The molecule has 0 aliphatic heterocycles. The van der Waals surface area contributed by atoms with E-state index in [1.54, 1.807) is 18.2 Å². The van der Waals surface area contributed by atoms with Crippen molar-refractivity contribution in [1.29, 1.82) is 0 Å². The van der Waals surface area contributed by atoms with Crippen molar-refractivity contribution >= 4 is 10.1 Å². The first-order chi connectivity index (χ1) is 7.11. The number of H-pyrrole nitrogens is 1. The molecule has 10 heteroatoms. The summed E-state index contributed by atoms with van der Waals surface area (Å²) in [6.07, 6.45) is 1.33. The average molecular weight is 270 g/mol. The number of nitrogens with zero attached hydrogens (tertiary/aromatic N) is 3. The predicted molar refractivity (Wildman–Crippen MR) is 55.2 cm³/mol. The van der Waals surface area contributed by atoms with Gasteiger partial charge in [-0.05, 0) is 12.1 Å². The molecule has 0 bridgehead atoms. The van der Waals surface area contributed by atoms with E-state index in [4.69, 9.17) is 4.55 Å². The molecule has 0 aliphatic carbocycles. The van der Waals surface area contributed by atoms with Crippen LogP contribution in [0.25, 0.3) is 0 Å². The van der Waals surface area contributed by atoms with Gasteiger partial charge in [0.25, 0.3) is 10.1 Å². The zero-order chi connectivity index (χ0) is 11.1. The molecule has 2 aromatic rings. The van der Waals surface area contributed by atoms with Crippen LogP contribution in [0.5, 0.6) is 0 Å². The quantitative estimate of drug-likeness (QED) is 0.405. The summed E-state index contributed by atoms with van der Waals surface area (Å²) in [5.41, 5.74) is 0. The van der Waals surface area contributed by atoms with E-state index in [0.717, 1.165) is 0 Å². The van der Waals surface area contributed by atoms with Gasteiger partial charge in [-0.25, -0.2) is 0 Å². The fourth-order valence-corrected chi connectivity index (χ4v) is 1.22. The van der Waals surface area contributed by atoms with Gasteiger partial charge in [0.1, 0.15) is 0 Å². The van der Waals surface area contributed by atoms with Gasteiger partial charge in [0.2, 0.25) is 0 Å². The molecule has 4 N–H and O–H groups in total. The molecule has 0 aliphatic rings. The normalized spacial score (nSPS) is 9.00. The van der Waals surface area contributed by atoms with Crippen molar-refractivity contribution < 1.29 is 49.4 Å². The van der Waals surface area contributed by atoms with Crippen molar-refractivity contribution in [2.24, 2.45) is 0 Å². The number of nitrogens with one attached hydrogen (secondary N) is 1. The molecule has 90 valence electrons. The van der Waals surface area contributed by atoms with Crippen LogP contribution >= 0.6 is 0 Å².